The van der Waals surface area contributed by atoms with E-state index >= 15 is 0 Å². The van der Waals surface area contributed by atoms with Crippen LogP contribution in [0.1, 0.15) is 48.0 Å². The predicted octanol–water partition coefficient (Wildman–Crippen LogP) is 2.86. The molecule has 0 heterocycles. The van der Waals surface area contributed by atoms with Crippen molar-refractivity contribution in [1.29, 1.82) is 0 Å². The molecule has 0 fully saturated rings. The number of nitrogens with one attached hydrogen (secondary N) is 1. The van der Waals surface area contributed by atoms with Crippen LogP contribution >= 0.6 is 0 Å². The Kier molecular flexibility index (Phi) is 6.39. The van der Waals surface area contributed by atoms with Gasteiger partial charge >= 0.3 is 6.09 Å². The molecular weight excluding hydrogens is 230 g/mol. The number of amides is 1. The second-order valence-electron chi connectivity index (χ2n) is 6.17. The normalized spacial score (nSPS) is 15.1. The smallest absolute Gasteiger partial charge is 0.407 e. The van der Waals surface area contributed by atoms with Gasteiger partial charge in [-0.15, -0.1) is 0 Å². The Morgan fingerprint density at radius 1 is 1.39 bits per heavy atom. The molecule has 0 saturated heterocycles. The summed E-state index contributed by atoms with van der Waals surface area (Å²) in [6, 6.07) is -0.364. The van der Waals surface area contributed by atoms with Crippen LogP contribution in [0.25, 0.3) is 0 Å². The van der Waals surface area contributed by atoms with Crippen LogP contribution in [0.5, 0.6) is 0 Å². The van der Waals surface area contributed by atoms with Crippen LogP contribution in [-0.2, 0) is 4.74 Å². The molecule has 1 amide bonds. The fourth-order valence-electron chi connectivity index (χ4n) is 1.58. The van der Waals surface area contributed by atoms with Crippen LogP contribution in [0, 0.1) is 5.92 Å². The van der Waals surface area contributed by atoms with E-state index in [0.717, 1.165) is 0 Å². The average Bonchev–Trinajstić information content (AvgIpc) is 2.11. The number of hydrogen-bond donors (Lipinski definition) is 2. The number of alkyl carbamates (subject to hydrolysis) is 1. The van der Waals surface area contributed by atoms with Gasteiger partial charge < -0.3 is 15.2 Å². The van der Waals surface area contributed by atoms with E-state index in [0.29, 0.717) is 17.9 Å². The molecule has 18 heavy (non-hydrogen) atoms. The van der Waals surface area contributed by atoms with Crippen LogP contribution < -0.4 is 5.32 Å². The maximum atomic E-state index is 11.7. The summed E-state index contributed by atoms with van der Waals surface area (Å²) in [6.07, 6.45) is -0.582. The van der Waals surface area contributed by atoms with Crippen molar-refractivity contribution in [2.24, 2.45) is 5.92 Å². The summed E-state index contributed by atoms with van der Waals surface area (Å²) in [4.78, 5) is 11.7. The van der Waals surface area contributed by atoms with E-state index in [-0.39, 0.29) is 6.04 Å². The highest BCUT2D eigenvalue weighted by Gasteiger charge is 2.25. The molecule has 0 aliphatic carbocycles. The monoisotopic (exact) mass is 257 g/mol. The number of aliphatic hydroxyl groups is 1. The van der Waals surface area contributed by atoms with Crippen molar-refractivity contribution in [3.63, 3.8) is 0 Å². The molecule has 0 aromatic carbocycles. The Bertz CT molecular complexity index is 292. The van der Waals surface area contributed by atoms with Gasteiger partial charge in [-0.1, -0.05) is 26.0 Å². The summed E-state index contributed by atoms with van der Waals surface area (Å²) >= 11 is 0. The fraction of sp³-hybridized carbons (Fsp3) is 0.786. The second-order valence-corrected chi connectivity index (χ2v) is 6.17. The Balaban J connectivity index is 4.59. The van der Waals surface area contributed by atoms with Gasteiger partial charge in [0.05, 0.1) is 12.1 Å². The first-order valence-corrected chi connectivity index (χ1v) is 6.36. The molecule has 2 atom stereocenters. The lowest BCUT2D eigenvalue weighted by atomic mass is 9.96. The van der Waals surface area contributed by atoms with E-state index in [4.69, 9.17) is 4.74 Å². The van der Waals surface area contributed by atoms with E-state index in [2.05, 4.69) is 11.9 Å². The van der Waals surface area contributed by atoms with Crippen LogP contribution in [0.3, 0.4) is 0 Å². The van der Waals surface area contributed by atoms with Gasteiger partial charge in [-0.2, -0.15) is 0 Å². The summed E-state index contributed by atoms with van der Waals surface area (Å²) in [5.41, 5.74) is 0.0948. The van der Waals surface area contributed by atoms with Crippen LogP contribution in [0.2, 0.25) is 0 Å². The van der Waals surface area contributed by atoms with Crippen molar-refractivity contribution in [2.75, 3.05) is 0 Å². The molecule has 4 heteroatoms. The van der Waals surface area contributed by atoms with Crippen molar-refractivity contribution in [3.05, 3.63) is 12.2 Å². The van der Waals surface area contributed by atoms with Crippen LogP contribution in [0.4, 0.5) is 4.79 Å². The lowest BCUT2D eigenvalue weighted by Gasteiger charge is -2.28. The van der Waals surface area contributed by atoms with Gasteiger partial charge in [-0.05, 0) is 40.0 Å². The van der Waals surface area contributed by atoms with Gasteiger partial charge in [0.25, 0.3) is 0 Å². The van der Waals surface area contributed by atoms with Crippen LogP contribution in [0.15, 0.2) is 12.2 Å². The zero-order chi connectivity index (χ0) is 14.5. The quantitative estimate of drug-likeness (QED) is 0.745. The number of rotatable bonds is 5. The van der Waals surface area contributed by atoms with Gasteiger partial charge in [-0.3, -0.25) is 0 Å². The first-order valence-electron chi connectivity index (χ1n) is 6.36. The zero-order valence-electron chi connectivity index (χ0n) is 12.4. The number of ether oxygens (including phenoxy) is 1. The first kappa shape index (κ1) is 17.0. The van der Waals surface area contributed by atoms with E-state index in [1.807, 2.05) is 13.8 Å². The minimum atomic E-state index is -0.750. The van der Waals surface area contributed by atoms with E-state index in [1.54, 1.807) is 27.7 Å². The van der Waals surface area contributed by atoms with Crippen molar-refractivity contribution < 1.29 is 14.6 Å². The minimum Gasteiger partial charge on any atom is -0.444 e. The third kappa shape index (κ3) is 7.33. The van der Waals surface area contributed by atoms with Crippen molar-refractivity contribution in [1.82, 2.24) is 5.32 Å². The highest BCUT2D eigenvalue weighted by Crippen LogP contribution is 2.14. The number of aliphatic hydroxyl groups excluding tert-OH is 1. The molecule has 0 saturated carbocycles. The molecule has 0 rings (SSSR count). The molecule has 1 unspecified atom stereocenters. The Morgan fingerprint density at radius 2 is 1.89 bits per heavy atom. The third-order valence-electron chi connectivity index (χ3n) is 2.31. The van der Waals surface area contributed by atoms with Gasteiger partial charge in [0.2, 0.25) is 0 Å². The molecule has 0 radical (unpaired) electrons. The van der Waals surface area contributed by atoms with Crippen molar-refractivity contribution in [2.45, 2.75) is 65.7 Å². The van der Waals surface area contributed by atoms with Crippen LogP contribution in [-0.4, -0.2) is 28.9 Å². The third-order valence-corrected chi connectivity index (χ3v) is 2.31. The van der Waals surface area contributed by atoms with Gasteiger partial charge in [-0.25, -0.2) is 4.79 Å². The van der Waals surface area contributed by atoms with E-state index in [9.17, 15) is 9.90 Å². The van der Waals surface area contributed by atoms with E-state index in [1.165, 1.54) is 0 Å². The van der Waals surface area contributed by atoms with Gasteiger partial charge in [0, 0.05) is 0 Å². The molecular formula is C14H27NO3. The standard InChI is InChI=1S/C14H27NO3/c1-9(2)8-11(12(16)10(3)4)15-13(17)18-14(5,6)7/h9,11-12,16H,3,8H2,1-2,4-7H3,(H,15,17)/t11-,12?/m1/s1. The molecule has 0 aromatic rings. The number of carbonyl (C=O) groups excluding carboxylic acids is 1. The largest absolute Gasteiger partial charge is 0.444 e. The Morgan fingerprint density at radius 3 is 2.22 bits per heavy atom. The summed E-state index contributed by atoms with van der Waals surface area (Å²) < 4.78 is 5.19. The summed E-state index contributed by atoms with van der Waals surface area (Å²) in [5, 5.41) is 12.7. The Hall–Kier alpha value is -1.03. The van der Waals surface area contributed by atoms with Gasteiger partial charge in [0.1, 0.15) is 5.60 Å². The maximum absolute atomic E-state index is 11.7. The second kappa shape index (κ2) is 6.78. The molecule has 0 aromatic heterocycles. The Labute approximate surface area is 110 Å². The summed E-state index contributed by atoms with van der Waals surface area (Å²) in [6.45, 7) is 15.0. The van der Waals surface area contributed by atoms with Crippen molar-refractivity contribution >= 4 is 6.09 Å². The molecule has 0 bridgehead atoms. The molecule has 4 nitrogen and oxygen atoms in total. The fourth-order valence-corrected chi connectivity index (χ4v) is 1.58. The SMILES string of the molecule is C=C(C)C(O)[C@@H](CC(C)C)NC(=O)OC(C)(C)C. The van der Waals surface area contributed by atoms with E-state index < -0.39 is 17.8 Å². The highest BCUT2D eigenvalue weighted by molar-refractivity contribution is 5.68. The van der Waals surface area contributed by atoms with Gasteiger partial charge in [0.15, 0.2) is 0 Å². The lowest BCUT2D eigenvalue weighted by molar-refractivity contribution is 0.0435. The summed E-state index contributed by atoms with van der Waals surface area (Å²) in [7, 11) is 0. The predicted molar refractivity (Wildman–Crippen MR) is 73.4 cm³/mol. The average molecular weight is 257 g/mol. The number of carbonyl (C=O) groups is 1. The number of hydrogen-bond acceptors (Lipinski definition) is 3. The summed E-state index contributed by atoms with van der Waals surface area (Å²) in [5.74, 6) is 0.360. The first-order chi connectivity index (χ1) is 8.03. The molecule has 0 aliphatic heterocycles. The molecule has 2 N–H and O–H groups in total. The minimum absolute atomic E-state index is 0.360. The highest BCUT2D eigenvalue weighted by atomic mass is 16.6. The maximum Gasteiger partial charge on any atom is 0.407 e. The molecule has 0 spiro atoms. The van der Waals surface area contributed by atoms with Crippen molar-refractivity contribution in [3.8, 4) is 0 Å². The zero-order valence-corrected chi connectivity index (χ0v) is 12.4. The lowest BCUT2D eigenvalue weighted by Crippen LogP contribution is -2.46. The topological polar surface area (TPSA) is 58.6 Å². The molecule has 106 valence electrons. The molecule has 0 aliphatic rings.